The second-order valence-corrected chi connectivity index (χ2v) is 7.80. The van der Waals surface area contributed by atoms with Gasteiger partial charge >= 0.3 is 0 Å². The predicted octanol–water partition coefficient (Wildman–Crippen LogP) is 4.75. The van der Waals surface area contributed by atoms with Crippen LogP contribution in [-0.4, -0.2) is 10.3 Å². The van der Waals surface area contributed by atoms with Crippen molar-refractivity contribution in [1.82, 2.24) is 0 Å². The van der Waals surface area contributed by atoms with Crippen molar-refractivity contribution in [2.45, 2.75) is 56.8 Å². The number of benzene rings is 1. The molecule has 0 spiro atoms. The van der Waals surface area contributed by atoms with Crippen molar-refractivity contribution in [2.75, 3.05) is 0 Å². The van der Waals surface area contributed by atoms with E-state index in [9.17, 15) is 0 Å². The molecule has 0 aliphatic rings. The van der Waals surface area contributed by atoms with Crippen LogP contribution in [-0.2, 0) is 0 Å². The van der Waals surface area contributed by atoms with Gasteiger partial charge < -0.3 is 4.74 Å². The van der Waals surface area contributed by atoms with Gasteiger partial charge in [-0.25, -0.2) is 0 Å². The van der Waals surface area contributed by atoms with Gasteiger partial charge in [-0.2, -0.15) is 0 Å². The smallest absolute Gasteiger partial charge is 0.120 e. The van der Waals surface area contributed by atoms with Crippen LogP contribution >= 0.6 is 11.8 Å². The topological polar surface area (TPSA) is 9.23 Å². The number of thioether (sulfide) groups is 1. The van der Waals surface area contributed by atoms with E-state index in [1.807, 2.05) is 23.9 Å². The van der Waals surface area contributed by atoms with Gasteiger partial charge in [0.2, 0.25) is 0 Å². The van der Waals surface area contributed by atoms with E-state index in [0.717, 1.165) is 5.75 Å². The Morgan fingerprint density at radius 1 is 0.875 bits per heavy atom. The van der Waals surface area contributed by atoms with Crippen LogP contribution in [0.5, 0.6) is 5.75 Å². The van der Waals surface area contributed by atoms with Gasteiger partial charge in [-0.3, -0.25) is 0 Å². The van der Waals surface area contributed by atoms with E-state index in [4.69, 9.17) is 4.74 Å². The van der Waals surface area contributed by atoms with Gasteiger partial charge in [0.25, 0.3) is 0 Å². The molecule has 0 fully saturated rings. The maximum absolute atomic E-state index is 5.78. The molecule has 0 heterocycles. The summed E-state index contributed by atoms with van der Waals surface area (Å²) in [7, 11) is 0. The quantitative estimate of drug-likeness (QED) is 0.687. The van der Waals surface area contributed by atoms with Crippen LogP contribution in [0.25, 0.3) is 0 Å². The Balaban J connectivity index is 2.69. The first-order valence-corrected chi connectivity index (χ1v) is 6.45. The third kappa shape index (κ3) is 5.45. The Hall–Kier alpha value is -0.630. The highest BCUT2D eigenvalue weighted by atomic mass is 32.2. The molecule has 0 aliphatic heterocycles. The van der Waals surface area contributed by atoms with E-state index in [0.29, 0.717) is 0 Å². The highest BCUT2D eigenvalue weighted by molar-refractivity contribution is 8.00. The normalized spacial score (nSPS) is 12.6. The molecule has 1 aromatic rings. The van der Waals surface area contributed by atoms with Crippen LogP contribution in [0.15, 0.2) is 29.2 Å². The molecule has 0 aromatic heterocycles. The third-order valence-corrected chi connectivity index (χ3v) is 2.79. The fraction of sp³-hybridized carbons (Fsp3) is 0.571. The Morgan fingerprint density at radius 2 is 1.38 bits per heavy atom. The van der Waals surface area contributed by atoms with Gasteiger partial charge in [0.15, 0.2) is 0 Å². The average Bonchev–Trinajstić information content (AvgIpc) is 2.03. The molecule has 0 N–H and O–H groups in total. The molecule has 0 bridgehead atoms. The summed E-state index contributed by atoms with van der Waals surface area (Å²) in [5.41, 5.74) is -0.126. The minimum absolute atomic E-state index is 0.126. The lowest BCUT2D eigenvalue weighted by Crippen LogP contribution is -2.22. The zero-order chi connectivity index (χ0) is 12.4. The minimum atomic E-state index is -0.126. The molecule has 0 saturated heterocycles. The minimum Gasteiger partial charge on any atom is -0.488 e. The standard InChI is InChI=1S/C14H22OS/c1-13(2,3)15-11-7-9-12(10-8-11)16-14(4,5)6/h7-10H,1-6H3. The number of hydrogen-bond donors (Lipinski definition) is 0. The molecule has 0 unspecified atom stereocenters. The SMILES string of the molecule is CC(C)(C)Oc1ccc(SC(C)(C)C)cc1. The lowest BCUT2D eigenvalue weighted by atomic mass is 10.2. The lowest BCUT2D eigenvalue weighted by molar-refractivity contribution is 0.131. The summed E-state index contributed by atoms with van der Waals surface area (Å²) < 4.78 is 6.03. The largest absolute Gasteiger partial charge is 0.488 e. The molecular weight excluding hydrogens is 216 g/mol. The van der Waals surface area contributed by atoms with Crippen LogP contribution < -0.4 is 4.74 Å². The molecule has 0 atom stereocenters. The zero-order valence-corrected chi connectivity index (χ0v) is 11.9. The fourth-order valence-electron chi connectivity index (χ4n) is 1.28. The Bertz CT molecular complexity index is 292. The van der Waals surface area contributed by atoms with E-state index in [1.165, 1.54) is 4.90 Å². The van der Waals surface area contributed by atoms with Crippen LogP contribution in [0.1, 0.15) is 41.5 Å². The summed E-state index contributed by atoms with van der Waals surface area (Å²) in [6.45, 7) is 12.8. The van der Waals surface area contributed by atoms with Crippen molar-refractivity contribution in [2.24, 2.45) is 0 Å². The van der Waals surface area contributed by atoms with Gasteiger partial charge in [-0.1, -0.05) is 20.8 Å². The van der Waals surface area contributed by atoms with Crippen LogP contribution in [0, 0.1) is 0 Å². The first-order valence-electron chi connectivity index (χ1n) is 5.64. The summed E-state index contributed by atoms with van der Waals surface area (Å²) in [4.78, 5) is 1.29. The van der Waals surface area contributed by atoms with E-state index in [-0.39, 0.29) is 10.3 Å². The maximum Gasteiger partial charge on any atom is 0.120 e. The van der Waals surface area contributed by atoms with Crippen LogP contribution in [0.3, 0.4) is 0 Å². The fourth-order valence-corrected chi connectivity index (χ4v) is 2.26. The van der Waals surface area contributed by atoms with Crippen LogP contribution in [0.4, 0.5) is 0 Å². The summed E-state index contributed by atoms with van der Waals surface area (Å²) in [5, 5.41) is 0. The van der Waals surface area contributed by atoms with Crippen molar-refractivity contribution in [3.63, 3.8) is 0 Å². The van der Waals surface area contributed by atoms with Crippen molar-refractivity contribution in [1.29, 1.82) is 0 Å². The molecule has 1 rings (SSSR count). The van der Waals surface area contributed by atoms with E-state index in [1.54, 1.807) is 0 Å². The molecule has 90 valence electrons. The first kappa shape index (κ1) is 13.4. The molecule has 0 aliphatic carbocycles. The molecule has 0 amide bonds. The maximum atomic E-state index is 5.78. The van der Waals surface area contributed by atoms with E-state index in [2.05, 4.69) is 53.7 Å². The van der Waals surface area contributed by atoms with E-state index < -0.39 is 0 Å². The van der Waals surface area contributed by atoms with Gasteiger partial charge in [-0.15, -0.1) is 11.8 Å². The molecule has 0 saturated carbocycles. The van der Waals surface area contributed by atoms with Gasteiger partial charge in [0, 0.05) is 9.64 Å². The van der Waals surface area contributed by atoms with E-state index >= 15 is 0 Å². The summed E-state index contributed by atoms with van der Waals surface area (Å²) >= 11 is 1.87. The second kappa shape index (κ2) is 4.70. The zero-order valence-electron chi connectivity index (χ0n) is 11.1. The van der Waals surface area contributed by atoms with Gasteiger partial charge in [0.1, 0.15) is 11.4 Å². The summed E-state index contributed by atoms with van der Waals surface area (Å²) in [5.74, 6) is 0.936. The second-order valence-electron chi connectivity index (χ2n) is 5.90. The average molecular weight is 238 g/mol. The van der Waals surface area contributed by atoms with Crippen LogP contribution in [0.2, 0.25) is 0 Å². The summed E-state index contributed by atoms with van der Waals surface area (Å²) in [6.07, 6.45) is 0. The number of rotatable bonds is 2. The molecule has 0 radical (unpaired) electrons. The molecule has 1 nitrogen and oxygen atoms in total. The third-order valence-electron chi connectivity index (χ3n) is 1.67. The highest BCUT2D eigenvalue weighted by Crippen LogP contribution is 2.32. The van der Waals surface area contributed by atoms with Gasteiger partial charge in [0.05, 0.1) is 0 Å². The first-order chi connectivity index (χ1) is 7.16. The Labute approximate surface area is 104 Å². The van der Waals surface area contributed by atoms with Crippen molar-refractivity contribution in [3.05, 3.63) is 24.3 Å². The number of ether oxygens (including phenoxy) is 1. The lowest BCUT2D eigenvalue weighted by Gasteiger charge is -2.22. The van der Waals surface area contributed by atoms with Crippen molar-refractivity contribution < 1.29 is 4.74 Å². The monoisotopic (exact) mass is 238 g/mol. The van der Waals surface area contributed by atoms with Crippen molar-refractivity contribution in [3.8, 4) is 5.75 Å². The molecule has 16 heavy (non-hydrogen) atoms. The van der Waals surface area contributed by atoms with Crippen molar-refractivity contribution >= 4 is 11.8 Å². The Morgan fingerprint density at radius 3 is 1.75 bits per heavy atom. The highest BCUT2D eigenvalue weighted by Gasteiger charge is 2.13. The van der Waals surface area contributed by atoms with Gasteiger partial charge in [-0.05, 0) is 45.0 Å². The predicted molar refractivity (Wildman–Crippen MR) is 72.4 cm³/mol. The summed E-state index contributed by atoms with van der Waals surface area (Å²) in [6, 6.07) is 8.33. The molecular formula is C14H22OS. The molecule has 2 heteroatoms. The number of hydrogen-bond acceptors (Lipinski definition) is 2. The molecule has 1 aromatic carbocycles. The Kier molecular flexibility index (Phi) is 3.95.